The van der Waals surface area contributed by atoms with Crippen LogP contribution in [0.25, 0.3) is 37.4 Å². The molecule has 0 N–H and O–H groups in total. The summed E-state index contributed by atoms with van der Waals surface area (Å²) in [6.45, 7) is 0. The number of hydrogen-bond donors (Lipinski definition) is 0. The summed E-state index contributed by atoms with van der Waals surface area (Å²) in [5.41, 5.74) is 6.22. The van der Waals surface area contributed by atoms with E-state index < -0.39 is 0 Å². The summed E-state index contributed by atoms with van der Waals surface area (Å²) in [6.07, 6.45) is 3.92. The molecule has 114 valence electrons. The van der Waals surface area contributed by atoms with Crippen LogP contribution in [0.2, 0.25) is 0 Å². The molecule has 3 heteroatoms. The number of nitrogens with zero attached hydrogens (tertiary/aromatic N) is 2. The lowest BCUT2D eigenvalue weighted by molar-refractivity contribution is 1.30. The van der Waals surface area contributed by atoms with Gasteiger partial charge in [-0.15, -0.1) is 0 Å². The molecule has 0 aliphatic rings. The second-order valence-electron chi connectivity index (χ2n) is 5.75. The van der Waals surface area contributed by atoms with Gasteiger partial charge in [0.2, 0.25) is 0 Å². The summed E-state index contributed by atoms with van der Waals surface area (Å²) in [7, 11) is 0. The van der Waals surface area contributed by atoms with Gasteiger partial charge in [-0.1, -0.05) is 84.1 Å². The first-order valence-corrected chi connectivity index (χ1v) is 8.73. The van der Waals surface area contributed by atoms with Crippen LogP contribution in [-0.2, 0) is 0 Å². The Kier molecular flexibility index (Phi) is 3.00. The summed E-state index contributed by atoms with van der Waals surface area (Å²) in [4.78, 5) is 5.54. The topological polar surface area (TPSA) is 17.3 Å². The molecule has 5 rings (SSSR count). The van der Waals surface area contributed by atoms with Crippen molar-refractivity contribution in [3.05, 3.63) is 85.2 Å². The van der Waals surface area contributed by atoms with Crippen LogP contribution in [-0.4, -0.2) is 9.38 Å². The third kappa shape index (κ3) is 1.99. The van der Waals surface area contributed by atoms with Crippen LogP contribution < -0.4 is 0 Å². The zero-order chi connectivity index (χ0) is 15.9. The van der Waals surface area contributed by atoms with Crippen LogP contribution in [0.1, 0.15) is 0 Å². The van der Waals surface area contributed by atoms with Gasteiger partial charge in [-0.3, -0.25) is 4.40 Å². The van der Waals surface area contributed by atoms with Gasteiger partial charge < -0.3 is 0 Å². The summed E-state index contributed by atoms with van der Waals surface area (Å²) in [6, 6.07) is 25.6. The fourth-order valence-corrected chi connectivity index (χ4v) is 4.38. The summed E-state index contributed by atoms with van der Waals surface area (Å²) >= 11 is 1.75. The lowest BCUT2D eigenvalue weighted by atomic mass is 9.99. The van der Waals surface area contributed by atoms with Gasteiger partial charge >= 0.3 is 0 Å². The number of thiazole rings is 1. The Morgan fingerprint density at radius 2 is 1.33 bits per heavy atom. The fraction of sp³-hybridized carbons (Fsp3) is 0. The number of rotatable bonds is 2. The molecule has 0 saturated carbocycles. The van der Waals surface area contributed by atoms with Crippen molar-refractivity contribution in [1.29, 1.82) is 0 Å². The van der Waals surface area contributed by atoms with Gasteiger partial charge in [-0.25, -0.2) is 4.98 Å². The maximum Gasteiger partial charge on any atom is 0.194 e. The van der Waals surface area contributed by atoms with E-state index in [0.29, 0.717) is 0 Å². The predicted molar refractivity (Wildman–Crippen MR) is 101 cm³/mol. The molecule has 0 bridgehead atoms. The lowest BCUT2D eigenvalue weighted by Gasteiger charge is -2.09. The minimum Gasteiger partial charge on any atom is -0.290 e. The van der Waals surface area contributed by atoms with Gasteiger partial charge in [0.15, 0.2) is 4.96 Å². The van der Waals surface area contributed by atoms with Crippen molar-refractivity contribution in [2.45, 2.75) is 0 Å². The van der Waals surface area contributed by atoms with E-state index >= 15 is 0 Å². The van der Waals surface area contributed by atoms with E-state index in [1.807, 2.05) is 6.20 Å². The molecule has 0 atom stereocenters. The number of benzene rings is 3. The predicted octanol–water partition coefficient (Wildman–Crippen LogP) is 5.88. The fourth-order valence-electron chi connectivity index (χ4n) is 3.24. The Balaban J connectivity index is 1.90. The molecule has 2 heterocycles. The number of hydrogen-bond acceptors (Lipinski definition) is 2. The smallest absolute Gasteiger partial charge is 0.194 e. The van der Waals surface area contributed by atoms with E-state index in [1.165, 1.54) is 32.5 Å². The molecule has 0 fully saturated rings. The number of imidazole rings is 1. The summed E-state index contributed by atoms with van der Waals surface area (Å²) < 4.78 is 3.49. The average molecular weight is 326 g/mol. The van der Waals surface area contributed by atoms with E-state index in [-0.39, 0.29) is 0 Å². The van der Waals surface area contributed by atoms with Crippen LogP contribution in [0.3, 0.4) is 0 Å². The maximum absolute atomic E-state index is 4.51. The zero-order valence-electron chi connectivity index (χ0n) is 12.9. The molecule has 0 spiro atoms. The quantitative estimate of drug-likeness (QED) is 0.396. The molecule has 0 aliphatic heterocycles. The standard InChI is InChI=1S/C21H14N2S/c1-3-7-15(8-4-1)17-11-12-18(16-9-5-2-6-10-16)20-19(17)23-14-13-22-21(23)24-20/h1-14H. The zero-order valence-corrected chi connectivity index (χ0v) is 13.7. The molecule has 0 saturated heterocycles. The van der Waals surface area contributed by atoms with Crippen molar-refractivity contribution in [2.24, 2.45) is 0 Å². The molecule has 0 amide bonds. The number of aromatic nitrogens is 2. The van der Waals surface area contributed by atoms with Crippen molar-refractivity contribution in [3.63, 3.8) is 0 Å². The molecule has 5 aromatic rings. The van der Waals surface area contributed by atoms with Crippen LogP contribution in [0.4, 0.5) is 0 Å². The van der Waals surface area contributed by atoms with Gasteiger partial charge in [-0.05, 0) is 11.1 Å². The van der Waals surface area contributed by atoms with Gasteiger partial charge in [0.25, 0.3) is 0 Å². The van der Waals surface area contributed by atoms with Gasteiger partial charge in [0.05, 0.1) is 10.2 Å². The highest BCUT2D eigenvalue weighted by atomic mass is 32.1. The molecule has 0 unspecified atom stereocenters. The molecule has 0 aliphatic carbocycles. The van der Waals surface area contributed by atoms with Crippen molar-refractivity contribution in [3.8, 4) is 22.3 Å². The van der Waals surface area contributed by atoms with Crippen LogP contribution in [0.15, 0.2) is 85.2 Å². The van der Waals surface area contributed by atoms with E-state index in [1.54, 1.807) is 11.3 Å². The Hall–Kier alpha value is -2.91. The van der Waals surface area contributed by atoms with E-state index in [0.717, 1.165) is 4.96 Å². The summed E-state index contributed by atoms with van der Waals surface area (Å²) in [5.74, 6) is 0. The summed E-state index contributed by atoms with van der Waals surface area (Å²) in [5, 5.41) is 0. The molecular formula is C21H14N2S. The Morgan fingerprint density at radius 3 is 2.04 bits per heavy atom. The highest BCUT2D eigenvalue weighted by molar-refractivity contribution is 7.24. The Morgan fingerprint density at radius 1 is 0.708 bits per heavy atom. The van der Waals surface area contributed by atoms with Crippen molar-refractivity contribution in [1.82, 2.24) is 9.38 Å². The second-order valence-corrected chi connectivity index (χ2v) is 6.73. The minimum absolute atomic E-state index is 1.03. The molecule has 24 heavy (non-hydrogen) atoms. The van der Waals surface area contributed by atoms with E-state index in [9.17, 15) is 0 Å². The third-order valence-electron chi connectivity index (χ3n) is 4.34. The first-order chi connectivity index (χ1) is 11.9. The molecule has 2 aromatic heterocycles. The first-order valence-electron chi connectivity index (χ1n) is 7.91. The highest BCUT2D eigenvalue weighted by Crippen LogP contribution is 2.40. The lowest BCUT2D eigenvalue weighted by Crippen LogP contribution is -1.86. The molecule has 2 nitrogen and oxygen atoms in total. The maximum atomic E-state index is 4.51. The SMILES string of the molecule is c1ccc(-c2ccc(-c3ccccc3)c3c2sc2nccn23)cc1. The van der Waals surface area contributed by atoms with Gasteiger partial charge in [0.1, 0.15) is 0 Å². The minimum atomic E-state index is 1.03. The third-order valence-corrected chi connectivity index (χ3v) is 5.44. The highest BCUT2D eigenvalue weighted by Gasteiger charge is 2.15. The van der Waals surface area contributed by atoms with Crippen LogP contribution >= 0.6 is 11.3 Å². The largest absolute Gasteiger partial charge is 0.290 e. The monoisotopic (exact) mass is 326 g/mol. The van der Waals surface area contributed by atoms with Crippen LogP contribution in [0.5, 0.6) is 0 Å². The molecular weight excluding hydrogens is 312 g/mol. The van der Waals surface area contributed by atoms with Gasteiger partial charge in [0, 0.05) is 23.5 Å². The second kappa shape index (κ2) is 5.32. The number of fused-ring (bicyclic) bond motifs is 3. The van der Waals surface area contributed by atoms with Crippen LogP contribution in [0, 0.1) is 0 Å². The average Bonchev–Trinajstić information content (AvgIpc) is 3.24. The van der Waals surface area contributed by atoms with Crippen molar-refractivity contribution >= 4 is 26.5 Å². The van der Waals surface area contributed by atoms with E-state index in [4.69, 9.17) is 0 Å². The Labute approximate surface area is 143 Å². The normalized spacial score (nSPS) is 11.3. The van der Waals surface area contributed by atoms with Gasteiger partial charge in [-0.2, -0.15) is 0 Å². The molecule has 3 aromatic carbocycles. The van der Waals surface area contributed by atoms with E-state index in [2.05, 4.69) is 88.4 Å². The first kappa shape index (κ1) is 13.5. The van der Waals surface area contributed by atoms with Crippen molar-refractivity contribution in [2.75, 3.05) is 0 Å². The van der Waals surface area contributed by atoms with Crippen molar-refractivity contribution < 1.29 is 0 Å². The molecule has 0 radical (unpaired) electrons. The Bertz CT molecular complexity index is 1140.